The molecule has 0 spiro atoms. The Morgan fingerprint density at radius 2 is 1.84 bits per heavy atom. The Morgan fingerprint density at radius 3 is 2.56 bits per heavy atom. The topological polar surface area (TPSA) is 75.7 Å². The van der Waals surface area contributed by atoms with Crippen LogP contribution >= 0.6 is 15.9 Å². The smallest absolute Gasteiger partial charge is 0.335 e. The number of nitrogens with one attached hydrogen (secondary N) is 1. The fourth-order valence-corrected chi connectivity index (χ4v) is 2.79. The van der Waals surface area contributed by atoms with Gasteiger partial charge >= 0.3 is 6.03 Å². The van der Waals surface area contributed by atoms with E-state index in [4.69, 9.17) is 4.74 Å². The summed E-state index contributed by atoms with van der Waals surface area (Å²) < 4.78 is 5.84. The van der Waals surface area contributed by atoms with E-state index in [1.165, 1.54) is 13.2 Å². The normalized spacial score (nSPS) is 16.2. The lowest BCUT2D eigenvalue weighted by atomic mass is 10.1. The van der Waals surface area contributed by atoms with Crippen molar-refractivity contribution in [2.75, 3.05) is 12.0 Å². The van der Waals surface area contributed by atoms with Crippen LogP contribution in [0, 0.1) is 0 Å². The lowest BCUT2D eigenvalue weighted by Crippen LogP contribution is -2.54. The predicted octanol–water partition coefficient (Wildman–Crippen LogP) is 3.12. The quantitative estimate of drug-likeness (QED) is 0.634. The largest absolute Gasteiger partial charge is 0.497 e. The van der Waals surface area contributed by atoms with Crippen LogP contribution in [0.3, 0.4) is 0 Å². The average molecular weight is 401 g/mol. The second-order valence-corrected chi connectivity index (χ2v) is 6.13. The van der Waals surface area contributed by atoms with E-state index in [1.54, 1.807) is 48.5 Å². The molecule has 2 aromatic rings. The highest BCUT2D eigenvalue weighted by Crippen LogP contribution is 2.25. The van der Waals surface area contributed by atoms with Crippen LogP contribution in [0.2, 0.25) is 0 Å². The maximum absolute atomic E-state index is 12.7. The number of urea groups is 1. The van der Waals surface area contributed by atoms with E-state index in [9.17, 15) is 14.4 Å². The highest BCUT2D eigenvalue weighted by atomic mass is 79.9. The number of barbiturate groups is 1. The number of benzene rings is 2. The molecular formula is C18H13BrN2O4. The summed E-state index contributed by atoms with van der Waals surface area (Å²) in [5.41, 5.74) is 0.843. The Hall–Kier alpha value is -2.93. The Balaban J connectivity index is 2.02. The molecule has 0 unspecified atom stereocenters. The number of ether oxygens (including phenoxy) is 1. The molecule has 1 saturated heterocycles. The van der Waals surface area contributed by atoms with Gasteiger partial charge in [0.15, 0.2) is 0 Å². The van der Waals surface area contributed by atoms with Crippen molar-refractivity contribution in [3.63, 3.8) is 0 Å². The first-order chi connectivity index (χ1) is 12.0. The van der Waals surface area contributed by atoms with Gasteiger partial charge in [-0.3, -0.25) is 14.9 Å². The Labute approximate surface area is 152 Å². The summed E-state index contributed by atoms with van der Waals surface area (Å²) in [4.78, 5) is 37.9. The molecule has 1 N–H and O–H groups in total. The lowest BCUT2D eigenvalue weighted by Gasteiger charge is -2.26. The monoisotopic (exact) mass is 400 g/mol. The molecule has 25 heavy (non-hydrogen) atoms. The average Bonchev–Trinajstić information content (AvgIpc) is 2.59. The molecule has 1 fully saturated rings. The molecule has 1 heterocycles. The first-order valence-electron chi connectivity index (χ1n) is 7.30. The van der Waals surface area contributed by atoms with Gasteiger partial charge in [-0.05, 0) is 42.0 Å². The van der Waals surface area contributed by atoms with Crippen LogP contribution in [0.15, 0.2) is 58.6 Å². The zero-order valence-electron chi connectivity index (χ0n) is 13.2. The summed E-state index contributed by atoms with van der Waals surface area (Å²) in [5, 5.41) is 2.19. The van der Waals surface area contributed by atoms with Crippen molar-refractivity contribution < 1.29 is 19.1 Å². The molecule has 4 amide bonds. The maximum atomic E-state index is 12.7. The molecule has 2 aromatic carbocycles. The SMILES string of the molecule is COc1cccc(/C=C2\C(=O)NC(=O)N(c3cccc(Br)c3)C2=O)c1. The van der Waals surface area contributed by atoms with Crippen LogP contribution in [-0.2, 0) is 9.59 Å². The molecule has 6 nitrogen and oxygen atoms in total. The lowest BCUT2D eigenvalue weighted by molar-refractivity contribution is -0.122. The molecule has 0 radical (unpaired) electrons. The third-order valence-electron chi connectivity index (χ3n) is 3.57. The molecule has 0 atom stereocenters. The van der Waals surface area contributed by atoms with E-state index in [0.29, 0.717) is 21.5 Å². The molecule has 0 bridgehead atoms. The Bertz CT molecular complexity index is 907. The van der Waals surface area contributed by atoms with Crippen molar-refractivity contribution in [3.05, 3.63) is 64.1 Å². The van der Waals surface area contributed by atoms with Crippen molar-refractivity contribution in [2.45, 2.75) is 0 Å². The van der Waals surface area contributed by atoms with E-state index in [-0.39, 0.29) is 5.57 Å². The van der Waals surface area contributed by atoms with Gasteiger partial charge < -0.3 is 4.74 Å². The van der Waals surface area contributed by atoms with E-state index in [0.717, 1.165) is 4.90 Å². The molecule has 3 rings (SSSR count). The minimum absolute atomic E-state index is 0.132. The summed E-state index contributed by atoms with van der Waals surface area (Å²) in [6.45, 7) is 0. The summed E-state index contributed by atoms with van der Waals surface area (Å²) in [5.74, 6) is -0.823. The number of methoxy groups -OCH3 is 1. The second-order valence-electron chi connectivity index (χ2n) is 5.21. The third-order valence-corrected chi connectivity index (χ3v) is 4.07. The van der Waals surface area contributed by atoms with Crippen LogP contribution in [0.1, 0.15) is 5.56 Å². The van der Waals surface area contributed by atoms with Gasteiger partial charge in [-0.2, -0.15) is 0 Å². The van der Waals surface area contributed by atoms with Crippen molar-refractivity contribution in [2.24, 2.45) is 0 Å². The maximum Gasteiger partial charge on any atom is 0.335 e. The second kappa shape index (κ2) is 6.90. The standard InChI is InChI=1S/C18H13BrN2O4/c1-25-14-7-2-4-11(8-14)9-15-16(22)20-18(24)21(17(15)23)13-6-3-5-12(19)10-13/h2-10H,1H3,(H,20,22,24)/b15-9+. The zero-order chi connectivity index (χ0) is 18.0. The van der Waals surface area contributed by atoms with Crippen molar-refractivity contribution >= 4 is 45.5 Å². The van der Waals surface area contributed by atoms with Gasteiger partial charge in [0.25, 0.3) is 11.8 Å². The number of imide groups is 2. The number of hydrogen-bond acceptors (Lipinski definition) is 4. The van der Waals surface area contributed by atoms with Crippen molar-refractivity contribution in [1.82, 2.24) is 5.32 Å². The fourth-order valence-electron chi connectivity index (χ4n) is 2.41. The van der Waals surface area contributed by atoms with E-state index in [2.05, 4.69) is 21.2 Å². The van der Waals surface area contributed by atoms with Gasteiger partial charge in [0.05, 0.1) is 12.8 Å². The number of anilines is 1. The summed E-state index contributed by atoms with van der Waals surface area (Å²) in [7, 11) is 1.53. The molecule has 1 aliphatic rings. The number of carbonyl (C=O) groups is 3. The fraction of sp³-hybridized carbons (Fsp3) is 0.0556. The highest BCUT2D eigenvalue weighted by Gasteiger charge is 2.36. The van der Waals surface area contributed by atoms with Crippen LogP contribution < -0.4 is 15.0 Å². The van der Waals surface area contributed by atoms with Gasteiger partial charge in [-0.15, -0.1) is 0 Å². The molecule has 0 aliphatic carbocycles. The Morgan fingerprint density at radius 1 is 1.08 bits per heavy atom. The minimum atomic E-state index is -0.782. The van der Waals surface area contributed by atoms with E-state index >= 15 is 0 Å². The summed E-state index contributed by atoms with van der Waals surface area (Å²) >= 11 is 3.30. The van der Waals surface area contributed by atoms with Crippen LogP contribution in [0.25, 0.3) is 6.08 Å². The molecule has 0 aromatic heterocycles. The molecule has 0 saturated carbocycles. The van der Waals surface area contributed by atoms with E-state index < -0.39 is 17.8 Å². The number of nitrogens with zero attached hydrogens (tertiary/aromatic N) is 1. The van der Waals surface area contributed by atoms with E-state index in [1.807, 2.05) is 0 Å². The first-order valence-corrected chi connectivity index (χ1v) is 8.10. The third kappa shape index (κ3) is 3.46. The van der Waals surface area contributed by atoms with Gasteiger partial charge in [-0.25, -0.2) is 9.69 Å². The van der Waals surface area contributed by atoms with Gasteiger partial charge in [0.1, 0.15) is 11.3 Å². The highest BCUT2D eigenvalue weighted by molar-refractivity contribution is 9.10. The number of amides is 4. The first kappa shape index (κ1) is 16.9. The Kier molecular flexibility index (Phi) is 4.67. The minimum Gasteiger partial charge on any atom is -0.497 e. The number of rotatable bonds is 3. The zero-order valence-corrected chi connectivity index (χ0v) is 14.7. The molecular weight excluding hydrogens is 388 g/mol. The van der Waals surface area contributed by atoms with Gasteiger partial charge in [0, 0.05) is 4.47 Å². The predicted molar refractivity (Wildman–Crippen MR) is 96.1 cm³/mol. The molecule has 7 heteroatoms. The van der Waals surface area contributed by atoms with Crippen molar-refractivity contribution in [3.8, 4) is 5.75 Å². The number of halogens is 1. The van der Waals surface area contributed by atoms with Gasteiger partial charge in [-0.1, -0.05) is 34.1 Å². The van der Waals surface area contributed by atoms with Crippen LogP contribution in [0.4, 0.5) is 10.5 Å². The van der Waals surface area contributed by atoms with Crippen LogP contribution in [-0.4, -0.2) is 25.0 Å². The summed E-state index contributed by atoms with van der Waals surface area (Å²) in [6.07, 6.45) is 1.43. The summed E-state index contributed by atoms with van der Waals surface area (Å²) in [6, 6.07) is 12.8. The number of hydrogen-bond donors (Lipinski definition) is 1. The van der Waals surface area contributed by atoms with Crippen LogP contribution in [0.5, 0.6) is 5.75 Å². The van der Waals surface area contributed by atoms with Gasteiger partial charge in [0.2, 0.25) is 0 Å². The van der Waals surface area contributed by atoms with Crippen molar-refractivity contribution in [1.29, 1.82) is 0 Å². The molecule has 1 aliphatic heterocycles. The number of carbonyl (C=O) groups excluding carboxylic acids is 3. The molecule has 126 valence electrons.